The van der Waals surface area contributed by atoms with Gasteiger partial charge in [0, 0.05) is 18.4 Å². The number of rotatable bonds is 7. The number of esters is 2. The molecule has 1 fully saturated rings. The van der Waals surface area contributed by atoms with Gasteiger partial charge in [-0.05, 0) is 40.4 Å². The van der Waals surface area contributed by atoms with E-state index in [9.17, 15) is 9.59 Å². The van der Waals surface area contributed by atoms with Crippen molar-refractivity contribution in [1.82, 2.24) is 0 Å². The van der Waals surface area contributed by atoms with E-state index in [0.29, 0.717) is 5.57 Å². The first kappa shape index (κ1) is 31.7. The van der Waals surface area contributed by atoms with Crippen LogP contribution in [0, 0.1) is 28.3 Å². The lowest BCUT2D eigenvalue weighted by Crippen LogP contribution is -2.38. The van der Waals surface area contributed by atoms with Gasteiger partial charge in [0.25, 0.3) is 0 Å². The zero-order chi connectivity index (χ0) is 30.1. The van der Waals surface area contributed by atoms with E-state index in [2.05, 4.69) is 80.0 Å². The third-order valence-electron chi connectivity index (χ3n) is 7.21. The highest BCUT2D eigenvalue weighted by atomic mass is 28.3. The summed E-state index contributed by atoms with van der Waals surface area (Å²) in [5.74, 6) is 5.44. The summed E-state index contributed by atoms with van der Waals surface area (Å²) in [5, 5.41) is 0. The minimum absolute atomic E-state index is 0.126. The number of benzene rings is 2. The molecular formula is C35H40O4Si2. The zero-order valence-electron chi connectivity index (χ0n) is 25.1. The molecule has 2 aromatic rings. The Morgan fingerprint density at radius 3 is 1.78 bits per heavy atom. The summed E-state index contributed by atoms with van der Waals surface area (Å²) in [6.07, 6.45) is 3.83. The highest BCUT2D eigenvalue weighted by Gasteiger charge is 2.54. The molecule has 0 unspecified atom stereocenters. The van der Waals surface area contributed by atoms with Crippen molar-refractivity contribution in [2.24, 2.45) is 5.41 Å². The van der Waals surface area contributed by atoms with E-state index in [1.807, 2.05) is 42.5 Å². The fraction of sp³-hybridized carbons (Fsp3) is 0.314. The fourth-order valence-corrected chi connectivity index (χ4v) is 8.81. The van der Waals surface area contributed by atoms with Crippen molar-refractivity contribution in [2.45, 2.75) is 51.1 Å². The van der Waals surface area contributed by atoms with Gasteiger partial charge in [0.15, 0.2) is 5.41 Å². The van der Waals surface area contributed by atoms with Crippen molar-refractivity contribution < 1.29 is 19.1 Å². The van der Waals surface area contributed by atoms with Crippen LogP contribution in [0.25, 0.3) is 0 Å². The van der Waals surface area contributed by atoms with E-state index in [-0.39, 0.29) is 12.8 Å². The number of ether oxygens (including phenoxy) is 2. The maximum Gasteiger partial charge on any atom is 0.323 e. The van der Waals surface area contributed by atoms with Crippen LogP contribution in [0.4, 0.5) is 0 Å². The van der Waals surface area contributed by atoms with Crippen molar-refractivity contribution in [1.29, 1.82) is 0 Å². The zero-order valence-corrected chi connectivity index (χ0v) is 27.1. The highest BCUT2D eigenvalue weighted by Crippen LogP contribution is 2.48. The Morgan fingerprint density at radius 2 is 1.32 bits per heavy atom. The van der Waals surface area contributed by atoms with E-state index in [0.717, 1.165) is 23.2 Å². The largest absolute Gasteiger partial charge is 0.468 e. The molecule has 0 N–H and O–H groups in total. The predicted octanol–water partition coefficient (Wildman–Crippen LogP) is 6.59. The van der Waals surface area contributed by atoms with E-state index in [4.69, 9.17) is 9.47 Å². The number of carbonyl (C=O) groups is 2. The first-order valence-electron chi connectivity index (χ1n) is 13.8. The quantitative estimate of drug-likeness (QED) is 0.161. The van der Waals surface area contributed by atoms with Gasteiger partial charge in [-0.1, -0.05) is 111 Å². The van der Waals surface area contributed by atoms with Gasteiger partial charge in [-0.3, -0.25) is 9.59 Å². The summed E-state index contributed by atoms with van der Waals surface area (Å²) >= 11 is 0. The average Bonchev–Trinajstić information content (AvgIpc) is 3.33. The highest BCUT2D eigenvalue weighted by molar-refractivity contribution is 6.85. The van der Waals surface area contributed by atoms with Crippen LogP contribution in [0.1, 0.15) is 24.0 Å². The molecule has 4 nitrogen and oxygen atoms in total. The van der Waals surface area contributed by atoms with Crippen LogP contribution in [0.15, 0.2) is 96.1 Å². The molecule has 0 aliphatic heterocycles. The molecule has 0 atom stereocenters. The smallest absolute Gasteiger partial charge is 0.323 e. The van der Waals surface area contributed by atoms with E-state index in [1.165, 1.54) is 25.3 Å². The van der Waals surface area contributed by atoms with Crippen LogP contribution < -0.4 is 0 Å². The first-order valence-corrected chi connectivity index (χ1v) is 20.2. The molecule has 0 heterocycles. The monoisotopic (exact) mass is 580 g/mol. The van der Waals surface area contributed by atoms with Crippen molar-refractivity contribution in [3.63, 3.8) is 0 Å². The summed E-state index contributed by atoms with van der Waals surface area (Å²) in [4.78, 5) is 26.1. The standard InChI is InChI=1S/C35H40O4Si2/c1-8-30(21-23-41(6,7)27-29-18-13-10-14-19-29)32-25-35(33(36)38-2,34(37)39-3)24-31(32)20-15-22-40(4,5)26-28-16-11-9-12-17-28/h8-14,16-20H,1,24-27H2,2-7H3/b31-20+,32-30-. The van der Waals surface area contributed by atoms with Gasteiger partial charge in [0.05, 0.1) is 14.2 Å². The molecule has 6 heteroatoms. The average molecular weight is 581 g/mol. The van der Waals surface area contributed by atoms with Crippen LogP contribution in [0.3, 0.4) is 0 Å². The van der Waals surface area contributed by atoms with Crippen molar-refractivity contribution >= 4 is 28.1 Å². The summed E-state index contributed by atoms with van der Waals surface area (Å²) < 4.78 is 10.2. The van der Waals surface area contributed by atoms with E-state index < -0.39 is 33.5 Å². The molecular weight excluding hydrogens is 541 g/mol. The van der Waals surface area contributed by atoms with Crippen molar-refractivity contribution in [3.05, 3.63) is 107 Å². The molecule has 0 bridgehead atoms. The molecule has 0 amide bonds. The Bertz CT molecular complexity index is 1440. The molecule has 3 rings (SSSR count). The maximum atomic E-state index is 13.0. The minimum Gasteiger partial charge on any atom is -0.468 e. The summed E-state index contributed by atoms with van der Waals surface area (Å²) in [7, 11) is -1.25. The molecule has 2 aromatic carbocycles. The van der Waals surface area contributed by atoms with E-state index in [1.54, 1.807) is 6.08 Å². The molecule has 0 spiro atoms. The Hall–Kier alpha value is -3.85. The van der Waals surface area contributed by atoms with Crippen LogP contribution in [0.5, 0.6) is 0 Å². The maximum absolute atomic E-state index is 13.0. The number of hydrogen-bond donors (Lipinski definition) is 0. The van der Waals surface area contributed by atoms with Gasteiger partial charge in [-0.2, -0.15) is 0 Å². The Balaban J connectivity index is 2.06. The van der Waals surface area contributed by atoms with Crippen LogP contribution in [-0.4, -0.2) is 42.3 Å². The van der Waals surface area contributed by atoms with Gasteiger partial charge in [0.2, 0.25) is 0 Å². The van der Waals surface area contributed by atoms with Gasteiger partial charge in [-0.25, -0.2) is 0 Å². The Morgan fingerprint density at radius 1 is 0.829 bits per heavy atom. The second kappa shape index (κ2) is 13.7. The van der Waals surface area contributed by atoms with Gasteiger partial charge < -0.3 is 9.47 Å². The molecule has 212 valence electrons. The topological polar surface area (TPSA) is 52.6 Å². The predicted molar refractivity (Wildman–Crippen MR) is 172 cm³/mol. The number of allylic oxidation sites excluding steroid dienone is 5. The molecule has 1 aliphatic carbocycles. The van der Waals surface area contributed by atoms with Crippen molar-refractivity contribution in [2.75, 3.05) is 14.2 Å². The van der Waals surface area contributed by atoms with Gasteiger partial charge in [-0.15, -0.1) is 11.1 Å². The second-order valence-electron chi connectivity index (χ2n) is 11.8. The Labute approximate surface area is 247 Å². The molecule has 0 saturated heterocycles. The van der Waals surface area contributed by atoms with E-state index >= 15 is 0 Å². The molecule has 0 radical (unpaired) electrons. The van der Waals surface area contributed by atoms with Crippen LogP contribution in [-0.2, 0) is 31.2 Å². The first-order chi connectivity index (χ1) is 19.4. The van der Waals surface area contributed by atoms with Crippen LogP contribution >= 0.6 is 0 Å². The number of methoxy groups -OCH3 is 2. The minimum atomic E-state index is -1.94. The molecule has 1 aliphatic rings. The number of hydrogen-bond acceptors (Lipinski definition) is 4. The van der Waals surface area contributed by atoms with Gasteiger partial charge >= 0.3 is 11.9 Å². The second-order valence-corrected chi connectivity index (χ2v) is 20.5. The summed E-state index contributed by atoms with van der Waals surface area (Å²) in [6, 6.07) is 22.6. The lowest BCUT2D eigenvalue weighted by molar-refractivity contribution is -0.168. The molecule has 1 saturated carbocycles. The summed E-state index contributed by atoms with van der Waals surface area (Å²) in [6.45, 7) is 13.0. The Kier molecular flexibility index (Phi) is 10.6. The molecule has 0 aromatic heterocycles. The molecule has 41 heavy (non-hydrogen) atoms. The number of carbonyl (C=O) groups excluding carboxylic acids is 2. The normalized spacial score (nSPS) is 16.5. The SMILES string of the molecule is C=C/C(C#C[Si](C)(C)Cc1ccccc1)=C1\CC(C(=O)OC)(C(=O)OC)C\C1=C/C#C[Si](C)(C)Cc1ccccc1. The third-order valence-corrected chi connectivity index (χ3v) is 11.4. The van der Waals surface area contributed by atoms with Crippen molar-refractivity contribution in [3.8, 4) is 22.9 Å². The lowest BCUT2D eigenvalue weighted by Gasteiger charge is -2.21. The summed E-state index contributed by atoms with van der Waals surface area (Å²) in [5.41, 5.74) is 10.4. The lowest BCUT2D eigenvalue weighted by atomic mass is 9.85. The van der Waals surface area contributed by atoms with Gasteiger partial charge in [0.1, 0.15) is 16.1 Å². The third kappa shape index (κ3) is 8.33. The fourth-order valence-electron chi connectivity index (χ4n) is 5.18. The van der Waals surface area contributed by atoms with Crippen LogP contribution in [0.2, 0.25) is 26.2 Å².